The molecule has 1 aliphatic rings. The van der Waals surface area contributed by atoms with Crippen molar-refractivity contribution < 1.29 is 9.84 Å². The molecule has 128 valence electrons. The maximum absolute atomic E-state index is 10.3. The van der Waals surface area contributed by atoms with Gasteiger partial charge < -0.3 is 15.2 Å². The number of nitrogens with zero attached hydrogens (tertiary/aromatic N) is 2. The average molecular weight is 335 g/mol. The van der Waals surface area contributed by atoms with Gasteiger partial charge in [0.1, 0.15) is 17.5 Å². The lowest BCUT2D eigenvalue weighted by Gasteiger charge is -2.23. The minimum absolute atomic E-state index is 0.116. The van der Waals surface area contributed by atoms with Crippen LogP contribution in [0.3, 0.4) is 0 Å². The molecule has 1 atom stereocenters. The molecule has 1 aromatic heterocycles. The van der Waals surface area contributed by atoms with E-state index in [1.54, 1.807) is 6.07 Å². The molecule has 3 aromatic rings. The first kappa shape index (κ1) is 15.8. The second kappa shape index (κ2) is 6.69. The SMILES string of the molecule is Cc1ccc(-c2nnc(OC3CCCNC3)c3ccccc23)c(O)c1. The maximum Gasteiger partial charge on any atom is 0.241 e. The van der Waals surface area contributed by atoms with Crippen LogP contribution >= 0.6 is 0 Å². The summed E-state index contributed by atoms with van der Waals surface area (Å²) < 4.78 is 6.11. The summed E-state index contributed by atoms with van der Waals surface area (Å²) in [7, 11) is 0. The molecule has 2 heterocycles. The van der Waals surface area contributed by atoms with E-state index in [0.29, 0.717) is 17.1 Å². The normalized spacial score (nSPS) is 17.6. The van der Waals surface area contributed by atoms with Crippen LogP contribution in [0.2, 0.25) is 0 Å². The zero-order chi connectivity index (χ0) is 17.2. The molecule has 0 spiro atoms. The number of aromatic nitrogens is 2. The van der Waals surface area contributed by atoms with Gasteiger partial charge in [0.15, 0.2) is 0 Å². The van der Waals surface area contributed by atoms with Crippen molar-refractivity contribution in [2.75, 3.05) is 13.1 Å². The quantitative estimate of drug-likeness (QED) is 0.767. The molecule has 5 nitrogen and oxygen atoms in total. The number of rotatable bonds is 3. The summed E-state index contributed by atoms with van der Waals surface area (Å²) in [5, 5.41) is 24.2. The lowest BCUT2D eigenvalue weighted by atomic mass is 10.0. The molecule has 1 aliphatic heterocycles. The average Bonchev–Trinajstić information content (AvgIpc) is 2.64. The van der Waals surface area contributed by atoms with E-state index in [2.05, 4.69) is 15.5 Å². The third kappa shape index (κ3) is 3.15. The Kier molecular flexibility index (Phi) is 4.24. The van der Waals surface area contributed by atoms with Gasteiger partial charge in [0, 0.05) is 22.9 Å². The van der Waals surface area contributed by atoms with E-state index < -0.39 is 0 Å². The summed E-state index contributed by atoms with van der Waals surface area (Å²) in [6, 6.07) is 13.5. The highest BCUT2D eigenvalue weighted by Crippen LogP contribution is 2.35. The number of phenolic OH excluding ortho intramolecular Hbond substituents is 1. The van der Waals surface area contributed by atoms with E-state index in [-0.39, 0.29) is 11.9 Å². The molecule has 0 aliphatic carbocycles. The lowest BCUT2D eigenvalue weighted by Crippen LogP contribution is -2.37. The van der Waals surface area contributed by atoms with Crippen molar-refractivity contribution in [3.63, 3.8) is 0 Å². The Labute approximate surface area is 146 Å². The Balaban J connectivity index is 1.78. The van der Waals surface area contributed by atoms with Crippen LogP contribution in [-0.4, -0.2) is 34.5 Å². The van der Waals surface area contributed by atoms with Crippen LogP contribution in [0.4, 0.5) is 0 Å². The summed E-state index contributed by atoms with van der Waals surface area (Å²) in [6.07, 6.45) is 2.24. The highest BCUT2D eigenvalue weighted by molar-refractivity contribution is 5.98. The summed E-state index contributed by atoms with van der Waals surface area (Å²) in [5.41, 5.74) is 2.35. The third-order valence-electron chi connectivity index (χ3n) is 4.59. The fourth-order valence-electron chi connectivity index (χ4n) is 3.29. The first-order chi connectivity index (χ1) is 12.2. The van der Waals surface area contributed by atoms with Gasteiger partial charge in [0.25, 0.3) is 0 Å². The largest absolute Gasteiger partial charge is 0.507 e. The lowest BCUT2D eigenvalue weighted by molar-refractivity contribution is 0.161. The van der Waals surface area contributed by atoms with Gasteiger partial charge in [-0.05, 0) is 50.1 Å². The Morgan fingerprint density at radius 3 is 2.72 bits per heavy atom. The van der Waals surface area contributed by atoms with Gasteiger partial charge in [-0.2, -0.15) is 0 Å². The van der Waals surface area contributed by atoms with E-state index in [4.69, 9.17) is 4.74 Å². The molecule has 25 heavy (non-hydrogen) atoms. The van der Waals surface area contributed by atoms with Crippen molar-refractivity contribution in [2.24, 2.45) is 0 Å². The van der Waals surface area contributed by atoms with Crippen LogP contribution in [0.15, 0.2) is 42.5 Å². The number of hydrogen-bond acceptors (Lipinski definition) is 5. The monoisotopic (exact) mass is 335 g/mol. The van der Waals surface area contributed by atoms with Gasteiger partial charge >= 0.3 is 0 Å². The molecule has 1 unspecified atom stereocenters. The zero-order valence-electron chi connectivity index (χ0n) is 14.2. The van der Waals surface area contributed by atoms with E-state index >= 15 is 0 Å². The predicted octanol–water partition coefficient (Wildman–Crippen LogP) is 3.44. The first-order valence-corrected chi connectivity index (χ1v) is 8.65. The van der Waals surface area contributed by atoms with Crippen LogP contribution in [0.25, 0.3) is 22.0 Å². The van der Waals surface area contributed by atoms with E-state index in [0.717, 1.165) is 42.3 Å². The summed E-state index contributed by atoms with van der Waals surface area (Å²) in [4.78, 5) is 0. The molecular formula is C20H21N3O2. The second-order valence-electron chi connectivity index (χ2n) is 6.51. The van der Waals surface area contributed by atoms with E-state index in [1.807, 2.05) is 43.3 Å². The van der Waals surface area contributed by atoms with Crippen molar-refractivity contribution in [3.05, 3.63) is 48.0 Å². The standard InChI is InChI=1S/C20H21N3O2/c1-13-8-9-17(18(24)11-13)19-15-6-2-3-7-16(15)20(23-22-19)25-14-5-4-10-21-12-14/h2-3,6-9,11,14,21,24H,4-5,10,12H2,1H3. The Bertz CT molecular complexity index is 905. The van der Waals surface area contributed by atoms with Crippen molar-refractivity contribution in [3.8, 4) is 22.9 Å². The van der Waals surface area contributed by atoms with E-state index in [9.17, 15) is 5.11 Å². The van der Waals surface area contributed by atoms with Gasteiger partial charge in [-0.15, -0.1) is 10.2 Å². The van der Waals surface area contributed by atoms with Crippen molar-refractivity contribution in [2.45, 2.75) is 25.9 Å². The number of hydrogen-bond donors (Lipinski definition) is 2. The highest BCUT2D eigenvalue weighted by atomic mass is 16.5. The van der Waals surface area contributed by atoms with Gasteiger partial charge in [-0.1, -0.05) is 24.3 Å². The number of benzene rings is 2. The summed E-state index contributed by atoms with van der Waals surface area (Å²) in [6.45, 7) is 3.82. The second-order valence-corrected chi connectivity index (χ2v) is 6.51. The van der Waals surface area contributed by atoms with E-state index in [1.165, 1.54) is 0 Å². The first-order valence-electron chi connectivity index (χ1n) is 8.65. The molecule has 5 heteroatoms. The molecular weight excluding hydrogens is 314 g/mol. The smallest absolute Gasteiger partial charge is 0.241 e. The minimum atomic E-state index is 0.116. The molecule has 0 saturated carbocycles. The minimum Gasteiger partial charge on any atom is -0.507 e. The van der Waals surface area contributed by atoms with Crippen LogP contribution in [0.1, 0.15) is 18.4 Å². The highest BCUT2D eigenvalue weighted by Gasteiger charge is 2.19. The van der Waals surface area contributed by atoms with Crippen LogP contribution < -0.4 is 10.1 Å². The van der Waals surface area contributed by atoms with Crippen LogP contribution in [0, 0.1) is 6.92 Å². The summed E-state index contributed by atoms with van der Waals surface area (Å²) in [5.74, 6) is 0.768. The Morgan fingerprint density at radius 1 is 1.12 bits per heavy atom. The van der Waals surface area contributed by atoms with Crippen molar-refractivity contribution in [1.82, 2.24) is 15.5 Å². The van der Waals surface area contributed by atoms with Crippen molar-refractivity contribution >= 4 is 10.8 Å². The Hall–Kier alpha value is -2.66. The predicted molar refractivity (Wildman–Crippen MR) is 97.9 cm³/mol. The molecule has 0 amide bonds. The molecule has 0 radical (unpaired) electrons. The number of nitrogens with one attached hydrogen (secondary N) is 1. The number of ether oxygens (including phenoxy) is 1. The molecule has 1 saturated heterocycles. The fourth-order valence-corrected chi connectivity index (χ4v) is 3.29. The number of fused-ring (bicyclic) bond motifs is 1. The summed E-state index contributed by atoms with van der Waals surface area (Å²) >= 11 is 0. The molecule has 4 rings (SSSR count). The molecule has 2 aromatic carbocycles. The fraction of sp³-hybridized carbons (Fsp3) is 0.300. The molecule has 0 bridgehead atoms. The molecule has 2 N–H and O–H groups in total. The van der Waals surface area contributed by atoms with Crippen LogP contribution in [-0.2, 0) is 0 Å². The zero-order valence-corrected chi connectivity index (χ0v) is 14.2. The van der Waals surface area contributed by atoms with Gasteiger partial charge in [-0.3, -0.25) is 0 Å². The van der Waals surface area contributed by atoms with Crippen molar-refractivity contribution in [1.29, 1.82) is 0 Å². The Morgan fingerprint density at radius 2 is 1.96 bits per heavy atom. The number of aromatic hydroxyl groups is 1. The number of phenols is 1. The number of aryl methyl sites for hydroxylation is 1. The van der Waals surface area contributed by atoms with Gasteiger partial charge in [-0.25, -0.2) is 0 Å². The third-order valence-corrected chi connectivity index (χ3v) is 4.59. The maximum atomic E-state index is 10.3. The number of piperidine rings is 1. The van der Waals surface area contributed by atoms with Crippen LogP contribution in [0.5, 0.6) is 11.6 Å². The van der Waals surface area contributed by atoms with Gasteiger partial charge in [0.2, 0.25) is 5.88 Å². The molecule has 1 fully saturated rings. The topological polar surface area (TPSA) is 67.3 Å². The van der Waals surface area contributed by atoms with Gasteiger partial charge in [0.05, 0.1) is 0 Å².